The maximum absolute atomic E-state index is 13.1. The van der Waals surface area contributed by atoms with Crippen molar-refractivity contribution in [1.29, 1.82) is 0 Å². The van der Waals surface area contributed by atoms with Crippen molar-refractivity contribution in [3.05, 3.63) is 131 Å². The first-order chi connectivity index (χ1) is 21.2. The van der Waals surface area contributed by atoms with Gasteiger partial charge < -0.3 is 9.52 Å². The number of hydrogen-bond donors (Lipinski definition) is 3. The molecule has 0 aliphatic heterocycles. The molecular weight excluding hydrogens is 597 g/mol. The number of furan rings is 1. The highest BCUT2D eigenvalue weighted by Crippen LogP contribution is 2.40. The summed E-state index contributed by atoms with van der Waals surface area (Å²) in [6, 6.07) is 16.0. The fourth-order valence-corrected chi connectivity index (χ4v) is 6.36. The summed E-state index contributed by atoms with van der Waals surface area (Å²) >= 11 is 6.87. The predicted octanol–water partition coefficient (Wildman–Crippen LogP) is 6.42. The minimum atomic E-state index is -1.01. The van der Waals surface area contributed by atoms with Crippen LogP contribution in [-0.4, -0.2) is 31.5 Å². The van der Waals surface area contributed by atoms with Crippen LogP contribution >= 0.6 is 23.6 Å². The van der Waals surface area contributed by atoms with E-state index in [1.165, 1.54) is 16.2 Å². The Hall–Kier alpha value is -4.87. The summed E-state index contributed by atoms with van der Waals surface area (Å²) in [5, 5.41) is 13.4. The Morgan fingerprint density at radius 3 is 2.59 bits per heavy atom. The Kier molecular flexibility index (Phi) is 7.98. The van der Waals surface area contributed by atoms with Crippen molar-refractivity contribution in [2.24, 2.45) is 0 Å². The van der Waals surface area contributed by atoms with Gasteiger partial charge in [0.15, 0.2) is 10.9 Å². The molecule has 0 saturated carbocycles. The zero-order valence-corrected chi connectivity index (χ0v) is 25.6. The largest absolute Gasteiger partial charge is 0.481 e. The third kappa shape index (κ3) is 5.97. The number of nitrogens with one attached hydrogen (secondary N) is 2. The maximum Gasteiger partial charge on any atom is 0.326 e. The average molecular weight is 625 g/mol. The second-order valence-electron chi connectivity index (χ2n) is 10.6. The SMILES string of the molecule is CCc1ccc2c(c1)C=Cc1cc(C)ccc1C2c1cn(Cc2ccc(C(=O)Nc3nc(CC(=O)O)cs3)o2)c(=O)[nH]c1=S. The number of aromatic amines is 1. The molecule has 1 atom stereocenters. The first kappa shape index (κ1) is 29.2. The van der Waals surface area contributed by atoms with Crippen LogP contribution in [0.25, 0.3) is 12.2 Å². The van der Waals surface area contributed by atoms with Gasteiger partial charge in [-0.3, -0.25) is 24.5 Å². The quantitative estimate of drug-likeness (QED) is 0.167. The molecule has 3 N–H and O–H groups in total. The molecule has 11 heteroatoms. The molecule has 9 nitrogen and oxygen atoms in total. The monoisotopic (exact) mass is 624 g/mol. The Morgan fingerprint density at radius 2 is 1.84 bits per heavy atom. The van der Waals surface area contributed by atoms with Crippen LogP contribution < -0.4 is 11.0 Å². The Balaban J connectivity index is 1.32. The Labute approximate surface area is 261 Å². The van der Waals surface area contributed by atoms with E-state index in [2.05, 4.69) is 77.7 Å². The van der Waals surface area contributed by atoms with Crippen molar-refractivity contribution in [2.45, 2.75) is 39.2 Å². The lowest BCUT2D eigenvalue weighted by Gasteiger charge is -2.22. The number of aryl methyl sites for hydroxylation is 2. The molecule has 6 rings (SSSR count). The van der Waals surface area contributed by atoms with E-state index in [0.717, 1.165) is 51.1 Å². The first-order valence-corrected chi connectivity index (χ1v) is 15.3. The van der Waals surface area contributed by atoms with E-state index in [9.17, 15) is 14.4 Å². The van der Waals surface area contributed by atoms with Crippen LogP contribution in [0.3, 0.4) is 0 Å². The molecule has 0 bridgehead atoms. The second-order valence-corrected chi connectivity index (χ2v) is 11.9. The van der Waals surface area contributed by atoms with Gasteiger partial charge in [0, 0.05) is 23.1 Å². The molecule has 0 fully saturated rings. The van der Waals surface area contributed by atoms with E-state index in [-0.39, 0.29) is 29.8 Å². The fraction of sp³-hybridized carbons (Fsp3) is 0.182. The summed E-state index contributed by atoms with van der Waals surface area (Å²) in [5.74, 6) is -1.33. The first-order valence-electron chi connectivity index (χ1n) is 14.0. The molecule has 3 aromatic heterocycles. The topological polar surface area (TPSA) is 130 Å². The van der Waals surface area contributed by atoms with E-state index in [1.54, 1.807) is 17.6 Å². The van der Waals surface area contributed by atoms with Gasteiger partial charge in [0.25, 0.3) is 5.91 Å². The van der Waals surface area contributed by atoms with Crippen LogP contribution in [0.5, 0.6) is 0 Å². The molecule has 1 aliphatic rings. The summed E-state index contributed by atoms with van der Waals surface area (Å²) < 4.78 is 7.65. The molecular formula is C33H28N4O5S2. The lowest BCUT2D eigenvalue weighted by molar-refractivity contribution is -0.136. The zero-order valence-electron chi connectivity index (χ0n) is 23.9. The van der Waals surface area contributed by atoms with E-state index in [1.807, 2.05) is 0 Å². The zero-order chi connectivity index (χ0) is 31.0. The van der Waals surface area contributed by atoms with Crippen molar-refractivity contribution >= 4 is 52.7 Å². The molecule has 1 amide bonds. The highest BCUT2D eigenvalue weighted by Gasteiger charge is 2.26. The molecule has 0 spiro atoms. The third-order valence-electron chi connectivity index (χ3n) is 7.53. The molecule has 0 radical (unpaired) electrons. The van der Waals surface area contributed by atoms with Crippen LogP contribution in [0.15, 0.2) is 69.3 Å². The summed E-state index contributed by atoms with van der Waals surface area (Å²) in [6.07, 6.45) is 6.74. The van der Waals surface area contributed by atoms with E-state index in [4.69, 9.17) is 21.7 Å². The normalized spacial score (nSPS) is 13.6. The number of carboxylic acids is 1. The van der Waals surface area contributed by atoms with Crippen molar-refractivity contribution < 1.29 is 19.1 Å². The fourth-order valence-electron chi connectivity index (χ4n) is 5.40. The molecule has 222 valence electrons. The molecule has 44 heavy (non-hydrogen) atoms. The summed E-state index contributed by atoms with van der Waals surface area (Å²) in [5.41, 5.74) is 7.50. The van der Waals surface area contributed by atoms with Crippen molar-refractivity contribution in [3.63, 3.8) is 0 Å². The maximum atomic E-state index is 13.1. The highest BCUT2D eigenvalue weighted by molar-refractivity contribution is 7.71. The number of carboxylic acid groups (broad SMARTS) is 1. The summed E-state index contributed by atoms with van der Waals surface area (Å²) in [4.78, 5) is 43.7. The number of benzene rings is 2. The van der Waals surface area contributed by atoms with E-state index in [0.29, 0.717) is 16.1 Å². The van der Waals surface area contributed by atoms with Gasteiger partial charge in [0.05, 0.1) is 18.7 Å². The van der Waals surface area contributed by atoms with Crippen LogP contribution in [0.2, 0.25) is 0 Å². The van der Waals surface area contributed by atoms with Gasteiger partial charge in [-0.2, -0.15) is 0 Å². The summed E-state index contributed by atoms with van der Waals surface area (Å²) in [7, 11) is 0. The van der Waals surface area contributed by atoms with E-state index < -0.39 is 17.6 Å². The predicted molar refractivity (Wildman–Crippen MR) is 172 cm³/mol. The van der Waals surface area contributed by atoms with Gasteiger partial charge in [-0.1, -0.05) is 73.3 Å². The molecule has 1 aliphatic carbocycles. The number of aromatic nitrogens is 3. The Morgan fingerprint density at radius 1 is 1.09 bits per heavy atom. The number of nitrogens with zero attached hydrogens (tertiary/aromatic N) is 2. The van der Waals surface area contributed by atoms with E-state index >= 15 is 0 Å². The van der Waals surface area contributed by atoms with Gasteiger partial charge >= 0.3 is 11.7 Å². The van der Waals surface area contributed by atoms with Gasteiger partial charge in [0.2, 0.25) is 0 Å². The van der Waals surface area contributed by atoms with Crippen LogP contribution in [0.1, 0.15) is 73.8 Å². The molecule has 1 unspecified atom stereocenters. The third-order valence-corrected chi connectivity index (χ3v) is 8.68. The van der Waals surface area contributed by atoms with Crippen molar-refractivity contribution in [2.75, 3.05) is 5.32 Å². The smallest absolute Gasteiger partial charge is 0.326 e. The highest BCUT2D eigenvalue weighted by atomic mass is 32.1. The number of aliphatic carboxylic acids is 1. The molecule has 0 saturated heterocycles. The molecule has 3 heterocycles. The van der Waals surface area contributed by atoms with Crippen molar-refractivity contribution in [1.82, 2.24) is 14.5 Å². The number of rotatable bonds is 8. The van der Waals surface area contributed by atoms with Gasteiger partial charge in [-0.05, 0) is 53.3 Å². The summed E-state index contributed by atoms with van der Waals surface area (Å²) in [6.45, 7) is 4.26. The number of H-pyrrole nitrogens is 1. The standard InChI is InChI=1S/C33H28N4O5S2/c1-3-19-5-10-25-21(13-19)7-6-20-12-18(2)4-9-24(20)29(25)26-16-37(33(41)36-31(26)43)15-23-8-11-27(42-23)30(40)35-32-34-22(17-44-32)14-28(38)39/h4-13,16-17,29H,3,14-15H2,1-2H3,(H,38,39)(H,34,35,40)(H,36,41,43). The van der Waals surface area contributed by atoms with Gasteiger partial charge in [0.1, 0.15) is 10.4 Å². The minimum Gasteiger partial charge on any atom is -0.481 e. The molecule has 2 aromatic carbocycles. The van der Waals surface area contributed by atoms with Crippen LogP contribution in [0, 0.1) is 11.6 Å². The van der Waals surface area contributed by atoms with Gasteiger partial charge in [-0.15, -0.1) is 11.3 Å². The number of anilines is 1. The minimum absolute atomic E-state index is 0.0342. The molecule has 5 aromatic rings. The number of amides is 1. The number of fused-ring (bicyclic) bond motifs is 2. The van der Waals surface area contributed by atoms with Crippen molar-refractivity contribution in [3.8, 4) is 0 Å². The number of carbonyl (C=O) groups excluding carboxylic acids is 1. The number of thiazole rings is 1. The average Bonchev–Trinajstić information content (AvgIpc) is 3.61. The van der Waals surface area contributed by atoms with Crippen LogP contribution in [-0.2, 0) is 24.2 Å². The number of hydrogen-bond acceptors (Lipinski definition) is 7. The van der Waals surface area contributed by atoms with Gasteiger partial charge in [-0.25, -0.2) is 9.78 Å². The number of carbonyl (C=O) groups is 2. The lowest BCUT2D eigenvalue weighted by Crippen LogP contribution is -2.25. The second kappa shape index (κ2) is 12.0. The Bertz CT molecular complexity index is 2070. The lowest BCUT2D eigenvalue weighted by atomic mass is 9.82. The van der Waals surface area contributed by atoms with Crippen LogP contribution in [0.4, 0.5) is 5.13 Å².